The van der Waals surface area contributed by atoms with Gasteiger partial charge in [-0.15, -0.1) is 0 Å². The van der Waals surface area contributed by atoms with E-state index in [-0.39, 0.29) is 17.4 Å². The van der Waals surface area contributed by atoms with Gasteiger partial charge in [0.15, 0.2) is 0 Å². The summed E-state index contributed by atoms with van der Waals surface area (Å²) in [5, 5.41) is 7.54. The molecule has 0 aliphatic carbocycles. The highest BCUT2D eigenvalue weighted by atomic mass is 16.2. The van der Waals surface area contributed by atoms with Crippen molar-refractivity contribution in [1.29, 1.82) is 0 Å². The van der Waals surface area contributed by atoms with Gasteiger partial charge in [0.25, 0.3) is 0 Å². The predicted molar refractivity (Wildman–Crippen MR) is 112 cm³/mol. The molecule has 7 nitrogen and oxygen atoms in total. The number of pyridine rings is 1. The summed E-state index contributed by atoms with van der Waals surface area (Å²) < 4.78 is 1.90. The van der Waals surface area contributed by atoms with Crippen molar-refractivity contribution in [3.8, 4) is 0 Å². The van der Waals surface area contributed by atoms with Gasteiger partial charge in [0, 0.05) is 38.1 Å². The van der Waals surface area contributed by atoms with Crippen LogP contribution in [-0.2, 0) is 24.9 Å². The predicted octanol–water partition coefficient (Wildman–Crippen LogP) is 1.73. The van der Waals surface area contributed by atoms with Crippen molar-refractivity contribution in [1.82, 2.24) is 29.9 Å². The van der Waals surface area contributed by atoms with Crippen molar-refractivity contribution in [2.45, 2.75) is 45.3 Å². The highest BCUT2D eigenvalue weighted by Gasteiger charge is 2.46. The summed E-state index contributed by atoms with van der Waals surface area (Å²) in [5.74, 6) is 0.128. The number of carbonyl (C=O) groups excluding carboxylic acids is 1. The number of hydrogen-bond donors (Lipinski definition) is 1. The Kier molecular flexibility index (Phi) is 5.69. The first-order chi connectivity index (χ1) is 13.9. The van der Waals surface area contributed by atoms with Crippen LogP contribution in [0.5, 0.6) is 0 Å². The number of likely N-dealkylation sites (tertiary alicyclic amines) is 2. The SMILES string of the molecule is Cc1nn(C)cc1CN1CCC2(CC1)CC(C(=O)NCc1ccccn1)N(C)C2. The first kappa shape index (κ1) is 20.0. The number of rotatable bonds is 5. The maximum Gasteiger partial charge on any atom is 0.237 e. The monoisotopic (exact) mass is 396 g/mol. The summed E-state index contributed by atoms with van der Waals surface area (Å²) >= 11 is 0. The minimum atomic E-state index is -0.0363. The average molecular weight is 397 g/mol. The fourth-order valence-electron chi connectivity index (χ4n) is 4.95. The van der Waals surface area contributed by atoms with Crippen LogP contribution in [0, 0.1) is 12.3 Å². The molecule has 1 unspecified atom stereocenters. The Morgan fingerprint density at radius 2 is 2.07 bits per heavy atom. The number of amides is 1. The molecular weight excluding hydrogens is 364 g/mol. The van der Waals surface area contributed by atoms with Gasteiger partial charge in [-0.25, -0.2) is 0 Å². The van der Waals surface area contributed by atoms with E-state index in [9.17, 15) is 4.79 Å². The van der Waals surface area contributed by atoms with Crippen LogP contribution >= 0.6 is 0 Å². The lowest BCUT2D eigenvalue weighted by Crippen LogP contribution is -2.41. The first-order valence-electron chi connectivity index (χ1n) is 10.5. The van der Waals surface area contributed by atoms with Gasteiger partial charge in [-0.1, -0.05) is 6.07 Å². The molecule has 2 fully saturated rings. The molecule has 1 atom stereocenters. The van der Waals surface area contributed by atoms with Gasteiger partial charge in [0.05, 0.1) is 24.0 Å². The third-order valence-electron chi connectivity index (χ3n) is 6.64. The van der Waals surface area contributed by atoms with Crippen LogP contribution in [0.15, 0.2) is 30.6 Å². The van der Waals surface area contributed by atoms with Crippen LogP contribution in [0.25, 0.3) is 0 Å². The molecule has 1 N–H and O–H groups in total. The fraction of sp³-hybridized carbons (Fsp3) is 0.591. The zero-order valence-corrected chi connectivity index (χ0v) is 17.8. The van der Waals surface area contributed by atoms with E-state index in [1.54, 1.807) is 6.20 Å². The molecule has 0 saturated carbocycles. The molecule has 4 rings (SSSR count). The summed E-state index contributed by atoms with van der Waals surface area (Å²) in [4.78, 5) is 21.9. The van der Waals surface area contributed by atoms with E-state index < -0.39 is 0 Å². The average Bonchev–Trinajstić information content (AvgIpc) is 3.21. The largest absolute Gasteiger partial charge is 0.349 e. The first-order valence-corrected chi connectivity index (χ1v) is 10.5. The Morgan fingerprint density at radius 3 is 2.72 bits per heavy atom. The summed E-state index contributed by atoms with van der Waals surface area (Å²) in [6.07, 6.45) is 7.16. The molecule has 1 spiro atoms. The van der Waals surface area contributed by atoms with Crippen molar-refractivity contribution in [2.24, 2.45) is 12.5 Å². The van der Waals surface area contributed by atoms with Gasteiger partial charge in [-0.3, -0.25) is 24.3 Å². The maximum atomic E-state index is 12.8. The van der Waals surface area contributed by atoms with Crippen molar-refractivity contribution >= 4 is 5.91 Å². The Bertz CT molecular complexity index is 840. The minimum absolute atomic E-state index is 0.0363. The molecule has 7 heteroatoms. The highest BCUT2D eigenvalue weighted by molar-refractivity contribution is 5.82. The maximum absolute atomic E-state index is 12.8. The number of hydrogen-bond acceptors (Lipinski definition) is 5. The van der Waals surface area contributed by atoms with Gasteiger partial charge >= 0.3 is 0 Å². The molecule has 0 aromatic carbocycles. The lowest BCUT2D eigenvalue weighted by molar-refractivity contribution is -0.125. The Morgan fingerprint density at radius 1 is 1.28 bits per heavy atom. The smallest absolute Gasteiger partial charge is 0.237 e. The third-order valence-corrected chi connectivity index (χ3v) is 6.64. The molecule has 0 bridgehead atoms. The van der Waals surface area contributed by atoms with Gasteiger partial charge in [-0.05, 0) is 63.9 Å². The van der Waals surface area contributed by atoms with Gasteiger partial charge < -0.3 is 5.32 Å². The third kappa shape index (κ3) is 4.51. The number of carbonyl (C=O) groups is 1. The van der Waals surface area contributed by atoms with Crippen molar-refractivity contribution < 1.29 is 4.79 Å². The highest BCUT2D eigenvalue weighted by Crippen LogP contribution is 2.43. The standard InChI is InChI=1S/C22H32N6O/c1-17-18(14-27(3)25-17)15-28-10-7-22(8-11-28)12-20(26(2)16-22)21(29)24-13-19-6-4-5-9-23-19/h4-6,9,14,20H,7-8,10-13,15-16H2,1-3H3,(H,24,29). The molecule has 0 radical (unpaired) electrons. The number of aryl methyl sites for hydroxylation is 2. The molecule has 4 heterocycles. The van der Waals surface area contributed by atoms with E-state index in [0.29, 0.717) is 6.54 Å². The summed E-state index contributed by atoms with van der Waals surface area (Å²) in [7, 11) is 4.07. The van der Waals surface area contributed by atoms with E-state index in [4.69, 9.17) is 0 Å². The van der Waals surface area contributed by atoms with Crippen LogP contribution in [0.1, 0.15) is 36.2 Å². The molecule has 156 valence electrons. The zero-order chi connectivity index (χ0) is 20.4. The van der Waals surface area contributed by atoms with Crippen LogP contribution in [0.2, 0.25) is 0 Å². The quantitative estimate of drug-likeness (QED) is 0.834. The second-order valence-corrected chi connectivity index (χ2v) is 8.86. The Balaban J connectivity index is 1.30. The summed E-state index contributed by atoms with van der Waals surface area (Å²) in [5.41, 5.74) is 3.61. The van der Waals surface area contributed by atoms with Crippen LogP contribution in [0.3, 0.4) is 0 Å². The minimum Gasteiger partial charge on any atom is -0.349 e. The lowest BCUT2D eigenvalue weighted by atomic mass is 9.76. The molecule has 2 aliphatic heterocycles. The van der Waals surface area contributed by atoms with E-state index in [1.165, 1.54) is 5.56 Å². The number of aromatic nitrogens is 3. The molecular formula is C22H32N6O. The second-order valence-electron chi connectivity index (χ2n) is 8.86. The van der Waals surface area contributed by atoms with Crippen molar-refractivity contribution in [3.63, 3.8) is 0 Å². The van der Waals surface area contributed by atoms with Gasteiger partial charge in [-0.2, -0.15) is 5.10 Å². The van der Waals surface area contributed by atoms with Gasteiger partial charge in [0.1, 0.15) is 0 Å². The van der Waals surface area contributed by atoms with E-state index in [0.717, 1.165) is 56.8 Å². The van der Waals surface area contributed by atoms with Crippen LogP contribution in [-0.4, -0.2) is 63.2 Å². The Hall–Kier alpha value is -2.25. The van der Waals surface area contributed by atoms with Crippen molar-refractivity contribution in [2.75, 3.05) is 26.7 Å². The second kappa shape index (κ2) is 8.24. The number of likely N-dealkylation sites (N-methyl/N-ethyl adjacent to an activating group) is 1. The van der Waals surface area contributed by atoms with Crippen molar-refractivity contribution in [3.05, 3.63) is 47.5 Å². The van der Waals surface area contributed by atoms with Gasteiger partial charge in [0.2, 0.25) is 5.91 Å². The van der Waals surface area contributed by atoms with E-state index in [2.05, 4.69) is 45.4 Å². The molecule has 2 saturated heterocycles. The molecule has 1 amide bonds. The normalized spacial score (nSPS) is 22.2. The number of nitrogens with one attached hydrogen (secondary N) is 1. The molecule has 2 aromatic heterocycles. The summed E-state index contributed by atoms with van der Waals surface area (Å²) in [6, 6.07) is 5.75. The molecule has 2 aromatic rings. The fourth-order valence-corrected chi connectivity index (χ4v) is 4.95. The Labute approximate surface area is 173 Å². The topological polar surface area (TPSA) is 66.3 Å². The lowest BCUT2D eigenvalue weighted by Gasteiger charge is -2.39. The van der Waals surface area contributed by atoms with Crippen LogP contribution < -0.4 is 5.32 Å². The molecule has 29 heavy (non-hydrogen) atoms. The molecule has 2 aliphatic rings. The number of piperidine rings is 1. The summed E-state index contributed by atoms with van der Waals surface area (Å²) in [6.45, 7) is 6.74. The van der Waals surface area contributed by atoms with E-state index in [1.807, 2.05) is 29.9 Å². The van der Waals surface area contributed by atoms with Crippen LogP contribution in [0.4, 0.5) is 0 Å². The number of nitrogens with zero attached hydrogens (tertiary/aromatic N) is 5. The zero-order valence-electron chi connectivity index (χ0n) is 17.8. The van der Waals surface area contributed by atoms with E-state index >= 15 is 0 Å².